The predicted molar refractivity (Wildman–Crippen MR) is 77.6 cm³/mol. The summed E-state index contributed by atoms with van der Waals surface area (Å²) in [5.74, 6) is 0.772. The maximum Gasteiger partial charge on any atom is 0.373 e. The predicted octanol–water partition coefficient (Wildman–Crippen LogP) is 4.80. The van der Waals surface area contributed by atoms with Crippen LogP contribution in [0.15, 0.2) is 18.2 Å². The molecule has 0 atom stereocenters. The summed E-state index contributed by atoms with van der Waals surface area (Å²) in [6.45, 7) is 8.53. The lowest BCUT2D eigenvalue weighted by atomic mass is 9.95. The third kappa shape index (κ3) is 3.16. The topological polar surface area (TPSA) is 0 Å². The van der Waals surface area contributed by atoms with Crippen molar-refractivity contribution in [3.8, 4) is 0 Å². The van der Waals surface area contributed by atoms with Crippen molar-refractivity contribution < 1.29 is 0 Å². The zero-order valence-electron chi connectivity index (χ0n) is 10.0. The summed E-state index contributed by atoms with van der Waals surface area (Å²) < 4.78 is 0. The maximum absolute atomic E-state index is 6.23. The minimum Gasteiger partial charge on any atom is -0.121 e. The van der Waals surface area contributed by atoms with Gasteiger partial charge in [-0.2, -0.15) is 0 Å². The van der Waals surface area contributed by atoms with Crippen LogP contribution in [0.2, 0.25) is 0 Å². The summed E-state index contributed by atoms with van der Waals surface area (Å²) in [7, 11) is 0. The summed E-state index contributed by atoms with van der Waals surface area (Å²) in [4.78, 5) is 0. The molecule has 90 valence electrons. The Kier molecular flexibility index (Phi) is 4.76. The third-order valence-corrected chi connectivity index (χ3v) is 5.50. The molecule has 16 heavy (non-hydrogen) atoms. The van der Waals surface area contributed by atoms with Gasteiger partial charge in [0.15, 0.2) is 0 Å². The average molecular weight is 296 g/mol. The number of halogens is 3. The molecule has 1 rings (SSSR count). The SMILES string of the molecule is CC(C)c1cccc(C(C)C)c1[Si](Cl)(Cl)Cl. The Balaban J connectivity index is 3.48. The van der Waals surface area contributed by atoms with Crippen LogP contribution in [-0.4, -0.2) is 6.00 Å². The summed E-state index contributed by atoms with van der Waals surface area (Å²) in [6, 6.07) is 3.36. The Hall–Kier alpha value is 0.307. The average Bonchev–Trinajstić information content (AvgIpc) is 2.15. The number of hydrogen-bond acceptors (Lipinski definition) is 0. The Morgan fingerprint density at radius 3 is 1.50 bits per heavy atom. The first kappa shape index (κ1) is 14.4. The molecular formula is C12H17Cl3Si. The molecule has 0 fully saturated rings. The van der Waals surface area contributed by atoms with Gasteiger partial charge < -0.3 is 0 Å². The molecule has 0 aliphatic rings. The van der Waals surface area contributed by atoms with Crippen LogP contribution in [0.3, 0.4) is 0 Å². The molecule has 1 aromatic carbocycles. The van der Waals surface area contributed by atoms with Gasteiger partial charge in [0.2, 0.25) is 0 Å². The van der Waals surface area contributed by atoms with Gasteiger partial charge in [-0.15, -0.1) is 33.2 Å². The van der Waals surface area contributed by atoms with E-state index < -0.39 is 6.00 Å². The fourth-order valence-electron chi connectivity index (χ4n) is 1.88. The molecule has 0 aliphatic carbocycles. The summed E-state index contributed by atoms with van der Waals surface area (Å²) in [5.41, 5.74) is 2.36. The van der Waals surface area contributed by atoms with E-state index in [1.165, 1.54) is 11.1 Å². The van der Waals surface area contributed by atoms with E-state index in [2.05, 4.69) is 45.9 Å². The van der Waals surface area contributed by atoms with E-state index in [0.717, 1.165) is 5.19 Å². The number of rotatable bonds is 3. The molecule has 0 radical (unpaired) electrons. The summed E-state index contributed by atoms with van der Waals surface area (Å²) in [5, 5.41) is 0.991. The van der Waals surface area contributed by atoms with E-state index in [1.807, 2.05) is 0 Å². The van der Waals surface area contributed by atoms with Crippen molar-refractivity contribution in [2.24, 2.45) is 0 Å². The first-order chi connectivity index (χ1) is 7.25. The van der Waals surface area contributed by atoms with Crippen LogP contribution in [0, 0.1) is 0 Å². The molecule has 0 aromatic heterocycles. The van der Waals surface area contributed by atoms with Crippen molar-refractivity contribution in [1.82, 2.24) is 0 Å². The smallest absolute Gasteiger partial charge is 0.121 e. The van der Waals surface area contributed by atoms with E-state index >= 15 is 0 Å². The Morgan fingerprint density at radius 2 is 1.25 bits per heavy atom. The quantitative estimate of drug-likeness (QED) is 0.555. The first-order valence-electron chi connectivity index (χ1n) is 5.45. The molecule has 0 unspecified atom stereocenters. The van der Waals surface area contributed by atoms with Crippen LogP contribution in [0.1, 0.15) is 50.7 Å². The summed E-state index contributed by atoms with van der Waals surface area (Å²) >= 11 is 18.7. The highest BCUT2D eigenvalue weighted by molar-refractivity contribution is 7.69. The second-order valence-electron chi connectivity index (χ2n) is 4.62. The minimum atomic E-state index is -2.83. The molecule has 0 amide bonds. The monoisotopic (exact) mass is 294 g/mol. The largest absolute Gasteiger partial charge is 0.373 e. The van der Waals surface area contributed by atoms with Gasteiger partial charge in [-0.05, 0) is 28.1 Å². The molecule has 0 saturated carbocycles. The molecule has 0 spiro atoms. The van der Waals surface area contributed by atoms with Crippen LogP contribution < -0.4 is 5.19 Å². The van der Waals surface area contributed by atoms with E-state index in [1.54, 1.807) is 0 Å². The van der Waals surface area contributed by atoms with Gasteiger partial charge in [-0.1, -0.05) is 45.9 Å². The third-order valence-electron chi connectivity index (χ3n) is 2.66. The lowest BCUT2D eigenvalue weighted by molar-refractivity contribution is 0.845. The Labute approximate surface area is 113 Å². The van der Waals surface area contributed by atoms with Gasteiger partial charge in [0.25, 0.3) is 0 Å². The molecule has 1 aromatic rings. The van der Waals surface area contributed by atoms with Crippen LogP contribution in [0.4, 0.5) is 0 Å². The standard InChI is InChI=1S/C12H17Cl3Si/c1-8(2)10-6-5-7-11(9(3)4)12(10)16(13,14)15/h5-9H,1-4H3. The lowest BCUT2D eigenvalue weighted by Crippen LogP contribution is -2.37. The van der Waals surface area contributed by atoms with Crippen LogP contribution >= 0.6 is 33.2 Å². The van der Waals surface area contributed by atoms with Gasteiger partial charge >= 0.3 is 6.00 Å². The highest BCUT2D eigenvalue weighted by Crippen LogP contribution is 2.29. The molecular weight excluding hydrogens is 279 g/mol. The zero-order chi connectivity index (χ0) is 12.5. The number of benzene rings is 1. The Bertz CT molecular complexity index is 341. The van der Waals surface area contributed by atoms with Crippen molar-refractivity contribution in [1.29, 1.82) is 0 Å². The molecule has 4 heteroatoms. The van der Waals surface area contributed by atoms with Crippen LogP contribution in [0.5, 0.6) is 0 Å². The molecule has 0 N–H and O–H groups in total. The van der Waals surface area contributed by atoms with E-state index in [0.29, 0.717) is 11.8 Å². The van der Waals surface area contributed by atoms with Gasteiger partial charge in [0.05, 0.1) is 0 Å². The molecule has 0 bridgehead atoms. The van der Waals surface area contributed by atoms with Crippen molar-refractivity contribution in [2.45, 2.75) is 39.5 Å². The minimum absolute atomic E-state index is 0.386. The van der Waals surface area contributed by atoms with Gasteiger partial charge in [-0.3, -0.25) is 0 Å². The van der Waals surface area contributed by atoms with E-state index in [4.69, 9.17) is 33.2 Å². The fourth-order valence-corrected chi connectivity index (χ4v) is 5.24. The maximum atomic E-state index is 6.23. The van der Waals surface area contributed by atoms with Gasteiger partial charge in [0, 0.05) is 0 Å². The molecule has 0 saturated heterocycles. The number of hydrogen-bond donors (Lipinski definition) is 0. The van der Waals surface area contributed by atoms with E-state index in [-0.39, 0.29) is 0 Å². The van der Waals surface area contributed by atoms with Gasteiger partial charge in [-0.25, -0.2) is 0 Å². The molecule has 0 heterocycles. The molecule has 0 nitrogen and oxygen atoms in total. The normalized spacial score (nSPS) is 12.6. The summed E-state index contributed by atoms with van der Waals surface area (Å²) in [6.07, 6.45) is 0. The highest BCUT2D eigenvalue weighted by Gasteiger charge is 2.34. The second kappa shape index (κ2) is 5.30. The second-order valence-corrected chi connectivity index (χ2v) is 13.0. The van der Waals surface area contributed by atoms with Crippen LogP contribution in [-0.2, 0) is 0 Å². The Morgan fingerprint density at radius 1 is 0.875 bits per heavy atom. The van der Waals surface area contributed by atoms with Crippen LogP contribution in [0.25, 0.3) is 0 Å². The zero-order valence-corrected chi connectivity index (χ0v) is 13.3. The van der Waals surface area contributed by atoms with Crippen molar-refractivity contribution in [3.05, 3.63) is 29.3 Å². The lowest BCUT2D eigenvalue weighted by Gasteiger charge is -2.23. The van der Waals surface area contributed by atoms with Crippen molar-refractivity contribution in [3.63, 3.8) is 0 Å². The van der Waals surface area contributed by atoms with Gasteiger partial charge in [0.1, 0.15) is 0 Å². The van der Waals surface area contributed by atoms with E-state index in [9.17, 15) is 0 Å². The highest BCUT2D eigenvalue weighted by atomic mass is 35.8. The van der Waals surface area contributed by atoms with Crippen molar-refractivity contribution >= 4 is 44.4 Å². The fraction of sp³-hybridized carbons (Fsp3) is 0.500. The van der Waals surface area contributed by atoms with Crippen molar-refractivity contribution in [2.75, 3.05) is 0 Å². The molecule has 0 aliphatic heterocycles. The first-order valence-corrected chi connectivity index (χ1v) is 10.5.